The maximum atomic E-state index is 13.1. The van der Waals surface area contributed by atoms with E-state index in [4.69, 9.17) is 8.92 Å². The number of urea groups is 1. The van der Waals surface area contributed by atoms with Crippen LogP contribution < -0.4 is 14.2 Å². The summed E-state index contributed by atoms with van der Waals surface area (Å²) in [7, 11) is -2.58. The molecule has 0 aliphatic heterocycles. The van der Waals surface area contributed by atoms with Crippen molar-refractivity contribution < 1.29 is 26.5 Å². The van der Waals surface area contributed by atoms with Gasteiger partial charge in [0.25, 0.3) is 0 Å². The van der Waals surface area contributed by atoms with Crippen LogP contribution in [0.4, 0.5) is 14.9 Å². The molecule has 9 heteroatoms. The number of benzene rings is 3. The Morgan fingerprint density at radius 2 is 1.79 bits per heavy atom. The Hall–Kier alpha value is -3.59. The molecule has 0 saturated heterocycles. The molecule has 0 heterocycles. The van der Waals surface area contributed by atoms with Crippen LogP contribution in [0.1, 0.15) is 18.4 Å². The van der Waals surface area contributed by atoms with Crippen LogP contribution >= 0.6 is 0 Å². The molecule has 3 aromatic carbocycles. The summed E-state index contributed by atoms with van der Waals surface area (Å²) in [6, 6.07) is 17.9. The lowest BCUT2D eigenvalue weighted by Gasteiger charge is -2.24. The van der Waals surface area contributed by atoms with Gasteiger partial charge in [0, 0.05) is 12.6 Å². The number of anilines is 1. The third kappa shape index (κ3) is 5.61. The summed E-state index contributed by atoms with van der Waals surface area (Å²) < 4.78 is 48.6. The lowest BCUT2D eigenvalue weighted by molar-refractivity contribution is 0.206. The first-order valence-corrected chi connectivity index (χ1v) is 11.8. The number of nitrogens with zero attached hydrogens (tertiary/aromatic N) is 1. The first-order valence-electron chi connectivity index (χ1n) is 10.4. The van der Waals surface area contributed by atoms with E-state index in [2.05, 4.69) is 5.32 Å². The third-order valence-corrected chi connectivity index (χ3v) is 6.42. The van der Waals surface area contributed by atoms with E-state index in [0.717, 1.165) is 37.1 Å². The average molecular weight is 471 g/mol. The van der Waals surface area contributed by atoms with E-state index in [1.807, 2.05) is 12.1 Å². The summed E-state index contributed by atoms with van der Waals surface area (Å²) in [6.07, 6.45) is 1.79. The second kappa shape index (κ2) is 9.50. The summed E-state index contributed by atoms with van der Waals surface area (Å²) in [5.74, 6) is 0.128. The maximum Gasteiger partial charge on any atom is 0.339 e. The number of amides is 2. The highest BCUT2D eigenvalue weighted by Gasteiger charge is 2.33. The molecule has 0 unspecified atom stereocenters. The highest BCUT2D eigenvalue weighted by molar-refractivity contribution is 7.87. The van der Waals surface area contributed by atoms with E-state index >= 15 is 0 Å². The van der Waals surface area contributed by atoms with E-state index in [-0.39, 0.29) is 29.3 Å². The molecule has 1 aliphatic carbocycles. The Morgan fingerprint density at radius 1 is 1.06 bits per heavy atom. The van der Waals surface area contributed by atoms with Crippen LogP contribution in [0.5, 0.6) is 11.5 Å². The minimum absolute atomic E-state index is 0.104. The Kier molecular flexibility index (Phi) is 6.50. The van der Waals surface area contributed by atoms with E-state index < -0.39 is 15.9 Å². The normalized spacial score (nSPS) is 13.3. The predicted molar refractivity (Wildman–Crippen MR) is 121 cm³/mol. The highest BCUT2D eigenvalue weighted by Crippen LogP contribution is 2.31. The predicted octanol–water partition coefficient (Wildman–Crippen LogP) is 4.80. The maximum absolute atomic E-state index is 13.1. The van der Waals surface area contributed by atoms with E-state index in [9.17, 15) is 17.6 Å². The standard InChI is InChI=1S/C24H23FN2O5S/c1-31-23-8-3-2-7-22(23)26-24(28)27(19-11-12-19)16-17-5-4-6-20(15-17)32-33(29,30)21-13-9-18(25)10-14-21/h2-10,13-15,19H,11-12,16H2,1H3,(H,26,28). The molecule has 7 nitrogen and oxygen atoms in total. The molecule has 0 atom stereocenters. The molecule has 0 aromatic heterocycles. The molecule has 33 heavy (non-hydrogen) atoms. The molecule has 1 aliphatic rings. The Balaban J connectivity index is 1.49. The topological polar surface area (TPSA) is 84.9 Å². The van der Waals surface area contributed by atoms with Crippen molar-refractivity contribution in [3.05, 3.63) is 84.2 Å². The molecule has 1 saturated carbocycles. The number of hydrogen-bond acceptors (Lipinski definition) is 5. The lowest BCUT2D eigenvalue weighted by Crippen LogP contribution is -2.36. The van der Waals surface area contributed by atoms with Crippen molar-refractivity contribution in [3.8, 4) is 11.5 Å². The summed E-state index contributed by atoms with van der Waals surface area (Å²) in [6.45, 7) is 0.277. The molecule has 2 amide bonds. The Bertz CT molecular complexity index is 1240. The number of nitrogens with one attached hydrogen (secondary N) is 1. The van der Waals surface area contributed by atoms with E-state index in [1.54, 1.807) is 35.2 Å². The van der Waals surface area contributed by atoms with Gasteiger partial charge in [-0.3, -0.25) is 0 Å². The van der Waals surface area contributed by atoms with Gasteiger partial charge in [0.2, 0.25) is 0 Å². The van der Waals surface area contributed by atoms with Crippen LogP contribution in [0.25, 0.3) is 0 Å². The smallest absolute Gasteiger partial charge is 0.339 e. The van der Waals surface area contributed by atoms with Crippen molar-refractivity contribution in [2.75, 3.05) is 12.4 Å². The van der Waals surface area contributed by atoms with Crippen LogP contribution in [-0.4, -0.2) is 32.5 Å². The second-order valence-corrected chi connectivity index (χ2v) is 9.17. The molecular weight excluding hydrogens is 447 g/mol. The molecule has 0 bridgehead atoms. The van der Waals surface area contributed by atoms with E-state index in [1.165, 1.54) is 13.2 Å². The Labute approximate surface area is 191 Å². The number of hydrogen-bond donors (Lipinski definition) is 1. The molecule has 172 valence electrons. The SMILES string of the molecule is COc1ccccc1NC(=O)N(Cc1cccc(OS(=O)(=O)c2ccc(F)cc2)c1)C1CC1. The largest absolute Gasteiger partial charge is 0.495 e. The molecular formula is C24H23FN2O5S. The highest BCUT2D eigenvalue weighted by atomic mass is 32.2. The average Bonchev–Trinajstić information content (AvgIpc) is 3.63. The molecule has 1 fully saturated rings. The molecule has 4 rings (SSSR count). The fraction of sp³-hybridized carbons (Fsp3) is 0.208. The molecule has 3 aromatic rings. The van der Waals surface area contributed by atoms with Gasteiger partial charge >= 0.3 is 16.1 Å². The number of rotatable bonds is 8. The van der Waals surface area contributed by atoms with Gasteiger partial charge in [-0.15, -0.1) is 0 Å². The summed E-state index contributed by atoms with van der Waals surface area (Å²) in [5, 5.41) is 2.89. The summed E-state index contributed by atoms with van der Waals surface area (Å²) in [5.41, 5.74) is 1.28. The first-order chi connectivity index (χ1) is 15.9. The zero-order valence-electron chi connectivity index (χ0n) is 17.9. The van der Waals surface area contributed by atoms with Gasteiger partial charge in [-0.05, 0) is 66.9 Å². The van der Waals surface area contributed by atoms with Crippen LogP contribution in [0.2, 0.25) is 0 Å². The van der Waals surface area contributed by atoms with Crippen LogP contribution in [0.3, 0.4) is 0 Å². The third-order valence-electron chi connectivity index (χ3n) is 5.16. The van der Waals surface area contributed by atoms with Gasteiger partial charge in [-0.25, -0.2) is 9.18 Å². The van der Waals surface area contributed by atoms with Gasteiger partial charge in [-0.1, -0.05) is 24.3 Å². The molecule has 0 radical (unpaired) electrons. The Morgan fingerprint density at radius 3 is 2.48 bits per heavy atom. The quantitative estimate of drug-likeness (QED) is 0.478. The first kappa shape index (κ1) is 22.6. The monoisotopic (exact) mass is 470 g/mol. The molecule has 0 spiro atoms. The van der Waals surface area contributed by atoms with Gasteiger partial charge in [-0.2, -0.15) is 8.42 Å². The van der Waals surface area contributed by atoms with Crippen molar-refractivity contribution in [2.45, 2.75) is 30.3 Å². The van der Waals surface area contributed by atoms with Crippen molar-refractivity contribution in [1.29, 1.82) is 0 Å². The summed E-state index contributed by atoms with van der Waals surface area (Å²) in [4.78, 5) is 14.6. The van der Waals surface area contributed by atoms with Crippen molar-refractivity contribution in [2.24, 2.45) is 0 Å². The summed E-state index contributed by atoms with van der Waals surface area (Å²) >= 11 is 0. The number of para-hydroxylation sites is 2. The van der Waals surface area contributed by atoms with Gasteiger partial charge in [0.1, 0.15) is 22.2 Å². The van der Waals surface area contributed by atoms with Gasteiger partial charge in [0.05, 0.1) is 12.8 Å². The zero-order chi connectivity index (χ0) is 23.4. The fourth-order valence-electron chi connectivity index (χ4n) is 3.36. The van der Waals surface area contributed by atoms with Gasteiger partial charge < -0.3 is 19.1 Å². The van der Waals surface area contributed by atoms with Crippen molar-refractivity contribution in [1.82, 2.24) is 4.90 Å². The van der Waals surface area contributed by atoms with Crippen molar-refractivity contribution in [3.63, 3.8) is 0 Å². The molecule has 1 N–H and O–H groups in total. The van der Waals surface area contributed by atoms with Gasteiger partial charge in [0.15, 0.2) is 0 Å². The fourth-order valence-corrected chi connectivity index (χ4v) is 4.28. The van der Waals surface area contributed by atoms with Crippen LogP contribution in [-0.2, 0) is 16.7 Å². The number of carbonyl (C=O) groups excluding carboxylic acids is 1. The van der Waals surface area contributed by atoms with E-state index in [0.29, 0.717) is 17.0 Å². The van der Waals surface area contributed by atoms with Crippen molar-refractivity contribution >= 4 is 21.8 Å². The zero-order valence-corrected chi connectivity index (χ0v) is 18.7. The number of carbonyl (C=O) groups is 1. The number of halogens is 1. The van der Waals surface area contributed by atoms with Crippen LogP contribution in [0.15, 0.2) is 77.7 Å². The minimum atomic E-state index is -4.12. The van der Waals surface area contributed by atoms with Crippen LogP contribution in [0, 0.1) is 5.82 Å². The number of ether oxygens (including phenoxy) is 1. The second-order valence-electron chi connectivity index (χ2n) is 7.63. The number of methoxy groups -OCH3 is 1. The minimum Gasteiger partial charge on any atom is -0.495 e. The lowest BCUT2D eigenvalue weighted by atomic mass is 10.2.